The van der Waals surface area contributed by atoms with Gasteiger partial charge in [0.25, 0.3) is 0 Å². The van der Waals surface area contributed by atoms with Gasteiger partial charge in [0.15, 0.2) is 0 Å². The lowest BCUT2D eigenvalue weighted by Gasteiger charge is -2.33. The number of unbranched alkanes of at least 4 members (excludes halogenated alkanes) is 21. The van der Waals surface area contributed by atoms with E-state index in [1.807, 2.05) is 0 Å². The lowest BCUT2D eigenvalue weighted by molar-refractivity contribution is 0.135. The Balaban J connectivity index is 2.27. The minimum absolute atomic E-state index is 0.643. The average molecular weight is 491 g/mol. The second-order valence-electron chi connectivity index (χ2n) is 11.5. The maximum atomic E-state index is 2.70. The molecule has 1 aliphatic heterocycles. The summed E-state index contributed by atoms with van der Waals surface area (Å²) in [6.07, 6.45) is 41.0. The fourth-order valence-electron chi connectivity index (χ4n) is 5.66. The normalized spacial score (nSPS) is 14.0. The van der Waals surface area contributed by atoms with Crippen molar-refractivity contribution in [2.24, 2.45) is 0 Å². The summed E-state index contributed by atoms with van der Waals surface area (Å²) in [4.78, 5) is 5.39. The Labute approximate surface area is 222 Å². The van der Waals surface area contributed by atoms with Crippen LogP contribution in [0.15, 0.2) is 12.4 Å². The van der Waals surface area contributed by atoms with Gasteiger partial charge in [-0.1, -0.05) is 156 Å². The van der Waals surface area contributed by atoms with E-state index in [1.165, 1.54) is 174 Å². The lowest BCUT2D eigenvalue weighted by Crippen LogP contribution is -2.39. The SMILES string of the molecule is CCCCCCCCCCC1N(CCCCCCCCCC)C=CN1CCCCCCCCCC. The zero-order chi connectivity index (χ0) is 25.2. The van der Waals surface area contributed by atoms with Crippen molar-refractivity contribution in [3.8, 4) is 0 Å². The smallest absolute Gasteiger partial charge is 0.101 e. The molecule has 0 aromatic heterocycles. The third-order valence-corrected chi connectivity index (χ3v) is 8.07. The molecule has 0 saturated heterocycles. The molecule has 1 aliphatic rings. The largest absolute Gasteiger partial charge is 0.356 e. The minimum atomic E-state index is 0.643. The highest BCUT2D eigenvalue weighted by molar-refractivity contribution is 4.97. The van der Waals surface area contributed by atoms with Gasteiger partial charge in [-0.15, -0.1) is 0 Å². The summed E-state index contributed by atoms with van der Waals surface area (Å²) in [5, 5.41) is 0. The zero-order valence-corrected chi connectivity index (χ0v) is 24.7. The summed E-state index contributed by atoms with van der Waals surface area (Å²) in [6, 6.07) is 0. The first-order valence-corrected chi connectivity index (χ1v) is 16.5. The molecular weight excluding hydrogens is 424 g/mol. The average Bonchev–Trinajstić information content (AvgIpc) is 3.25. The van der Waals surface area contributed by atoms with Gasteiger partial charge in [-0.3, -0.25) is 0 Å². The van der Waals surface area contributed by atoms with Crippen molar-refractivity contribution in [1.29, 1.82) is 0 Å². The number of rotatable bonds is 27. The zero-order valence-electron chi connectivity index (χ0n) is 24.7. The van der Waals surface area contributed by atoms with Gasteiger partial charge < -0.3 is 9.80 Å². The standard InChI is InChI=1S/C33H66N2/c1-4-7-10-13-16-19-22-25-28-33-34(29-26-23-20-17-14-11-8-5-2)31-32-35(33)30-27-24-21-18-15-12-9-6-3/h31-33H,4-30H2,1-3H3. The van der Waals surface area contributed by atoms with Crippen LogP contribution < -0.4 is 0 Å². The molecule has 0 amide bonds. The maximum absolute atomic E-state index is 2.70. The molecule has 0 N–H and O–H groups in total. The molecule has 0 unspecified atom stereocenters. The van der Waals surface area contributed by atoms with Crippen LogP contribution in [0.5, 0.6) is 0 Å². The Morgan fingerprint density at radius 2 is 0.657 bits per heavy atom. The van der Waals surface area contributed by atoms with Crippen LogP contribution in [-0.2, 0) is 0 Å². The highest BCUT2D eigenvalue weighted by Crippen LogP contribution is 2.24. The molecule has 0 bridgehead atoms. The minimum Gasteiger partial charge on any atom is -0.356 e. The molecule has 208 valence electrons. The Bertz CT molecular complexity index is 416. The Kier molecular flexibility index (Phi) is 23.1. The van der Waals surface area contributed by atoms with Gasteiger partial charge in [0.1, 0.15) is 6.17 Å². The van der Waals surface area contributed by atoms with Crippen molar-refractivity contribution >= 4 is 0 Å². The second kappa shape index (κ2) is 25.0. The molecule has 0 fully saturated rings. The molecule has 1 rings (SSSR count). The quantitative estimate of drug-likeness (QED) is 0.106. The van der Waals surface area contributed by atoms with Crippen LogP contribution in [0.1, 0.15) is 181 Å². The molecule has 35 heavy (non-hydrogen) atoms. The van der Waals surface area contributed by atoms with Gasteiger partial charge in [-0.25, -0.2) is 0 Å². The van der Waals surface area contributed by atoms with Gasteiger partial charge in [0.2, 0.25) is 0 Å². The first kappa shape index (κ1) is 32.4. The van der Waals surface area contributed by atoms with Crippen LogP contribution in [-0.4, -0.2) is 29.1 Å². The first-order chi connectivity index (χ1) is 17.3. The van der Waals surface area contributed by atoms with Crippen molar-refractivity contribution in [3.63, 3.8) is 0 Å². The van der Waals surface area contributed by atoms with E-state index in [-0.39, 0.29) is 0 Å². The highest BCUT2D eigenvalue weighted by Gasteiger charge is 2.24. The molecule has 1 heterocycles. The van der Waals surface area contributed by atoms with Crippen molar-refractivity contribution in [2.75, 3.05) is 13.1 Å². The van der Waals surface area contributed by atoms with Crippen LogP contribution >= 0.6 is 0 Å². The predicted octanol–water partition coefficient (Wildman–Crippen LogP) is 11.2. The summed E-state index contributed by atoms with van der Waals surface area (Å²) >= 11 is 0. The lowest BCUT2D eigenvalue weighted by atomic mass is 10.1. The van der Waals surface area contributed by atoms with Crippen molar-refractivity contribution in [3.05, 3.63) is 12.4 Å². The second-order valence-corrected chi connectivity index (χ2v) is 11.5. The van der Waals surface area contributed by atoms with Crippen LogP contribution in [0.4, 0.5) is 0 Å². The summed E-state index contributed by atoms with van der Waals surface area (Å²) in [6.45, 7) is 9.47. The van der Waals surface area contributed by atoms with Crippen LogP contribution in [0.2, 0.25) is 0 Å². The van der Waals surface area contributed by atoms with Gasteiger partial charge in [-0.2, -0.15) is 0 Å². The van der Waals surface area contributed by atoms with E-state index in [9.17, 15) is 0 Å². The molecule has 0 aromatic rings. The monoisotopic (exact) mass is 491 g/mol. The third kappa shape index (κ3) is 18.3. The number of nitrogens with zero attached hydrogens (tertiary/aromatic N) is 2. The van der Waals surface area contributed by atoms with Gasteiger partial charge >= 0.3 is 0 Å². The van der Waals surface area contributed by atoms with Gasteiger partial charge in [-0.05, 0) is 25.7 Å². The van der Waals surface area contributed by atoms with Gasteiger partial charge in [0, 0.05) is 25.5 Å². The van der Waals surface area contributed by atoms with E-state index in [2.05, 4.69) is 43.0 Å². The van der Waals surface area contributed by atoms with Crippen LogP contribution in [0.3, 0.4) is 0 Å². The fourth-order valence-corrected chi connectivity index (χ4v) is 5.66. The van der Waals surface area contributed by atoms with E-state index in [4.69, 9.17) is 0 Å². The molecule has 2 nitrogen and oxygen atoms in total. The molecule has 0 aromatic carbocycles. The third-order valence-electron chi connectivity index (χ3n) is 8.07. The van der Waals surface area contributed by atoms with Crippen LogP contribution in [0.25, 0.3) is 0 Å². The molecule has 0 atom stereocenters. The summed E-state index contributed by atoms with van der Waals surface area (Å²) < 4.78 is 0. The maximum Gasteiger partial charge on any atom is 0.101 e. The summed E-state index contributed by atoms with van der Waals surface area (Å²) in [7, 11) is 0. The van der Waals surface area contributed by atoms with Crippen LogP contribution in [0, 0.1) is 0 Å². The summed E-state index contributed by atoms with van der Waals surface area (Å²) in [5.74, 6) is 0. The molecule has 0 saturated carbocycles. The molecular formula is C33H66N2. The van der Waals surface area contributed by atoms with E-state index in [0.29, 0.717) is 6.17 Å². The highest BCUT2D eigenvalue weighted by atomic mass is 15.4. The van der Waals surface area contributed by atoms with Crippen molar-refractivity contribution in [2.45, 2.75) is 187 Å². The molecule has 0 aliphatic carbocycles. The Morgan fingerprint density at radius 3 is 1.00 bits per heavy atom. The number of hydrogen-bond donors (Lipinski definition) is 0. The van der Waals surface area contributed by atoms with Crippen molar-refractivity contribution in [1.82, 2.24) is 9.80 Å². The topological polar surface area (TPSA) is 6.48 Å². The summed E-state index contributed by atoms with van der Waals surface area (Å²) in [5.41, 5.74) is 0. The van der Waals surface area contributed by atoms with E-state index < -0.39 is 0 Å². The molecule has 0 radical (unpaired) electrons. The first-order valence-electron chi connectivity index (χ1n) is 16.5. The molecule has 0 spiro atoms. The predicted molar refractivity (Wildman–Crippen MR) is 159 cm³/mol. The van der Waals surface area contributed by atoms with E-state index in [1.54, 1.807) is 0 Å². The number of hydrogen-bond acceptors (Lipinski definition) is 2. The van der Waals surface area contributed by atoms with Crippen molar-refractivity contribution < 1.29 is 0 Å². The van der Waals surface area contributed by atoms with Gasteiger partial charge in [0.05, 0.1) is 0 Å². The van der Waals surface area contributed by atoms with E-state index in [0.717, 1.165) is 0 Å². The fraction of sp³-hybridized carbons (Fsp3) is 0.939. The Morgan fingerprint density at radius 1 is 0.371 bits per heavy atom. The molecule has 2 heteroatoms. The van der Waals surface area contributed by atoms with E-state index >= 15 is 0 Å². The Hall–Kier alpha value is -0.660.